The second-order valence-corrected chi connectivity index (χ2v) is 2.16. The van der Waals surface area contributed by atoms with Gasteiger partial charge in [-0.1, -0.05) is 0 Å². The van der Waals surface area contributed by atoms with Gasteiger partial charge in [0.25, 0.3) is 0 Å². The van der Waals surface area contributed by atoms with E-state index in [1.807, 2.05) is 0 Å². The first-order chi connectivity index (χ1) is 5.81. The van der Waals surface area contributed by atoms with Gasteiger partial charge < -0.3 is 18.4 Å². The second-order valence-electron chi connectivity index (χ2n) is 1.84. The standard InChI is InChI=1S/C6H11BrO5/c7-12-6(9)5-11-4-3-10-2-1-8/h8H,1-5H2. The lowest BCUT2D eigenvalue weighted by atomic mass is 10.7. The Labute approximate surface area is 79.1 Å². The minimum atomic E-state index is -0.489. The van der Waals surface area contributed by atoms with Crippen LogP contribution in [0.15, 0.2) is 0 Å². The summed E-state index contributed by atoms with van der Waals surface area (Å²) in [6, 6.07) is 0. The average Bonchev–Trinajstić information content (AvgIpc) is 2.10. The largest absolute Gasteiger partial charge is 0.394 e. The van der Waals surface area contributed by atoms with Crippen LogP contribution in [0.3, 0.4) is 0 Å². The van der Waals surface area contributed by atoms with E-state index in [-0.39, 0.29) is 19.8 Å². The molecule has 0 aromatic carbocycles. The van der Waals surface area contributed by atoms with Crippen LogP contribution in [0.25, 0.3) is 0 Å². The lowest BCUT2D eigenvalue weighted by molar-refractivity contribution is -0.137. The summed E-state index contributed by atoms with van der Waals surface area (Å²) in [7, 11) is 0. The van der Waals surface area contributed by atoms with E-state index < -0.39 is 5.97 Å². The first-order valence-corrected chi connectivity index (χ1v) is 4.03. The molecular formula is C6H11BrO5. The molecule has 0 aliphatic carbocycles. The molecule has 0 amide bonds. The minimum absolute atomic E-state index is 0.0105. The number of hydrogen-bond donors (Lipinski definition) is 1. The number of carbonyl (C=O) groups is 1. The molecule has 0 fully saturated rings. The zero-order chi connectivity index (χ0) is 9.23. The Hall–Kier alpha value is -0.170. The molecule has 12 heavy (non-hydrogen) atoms. The molecule has 0 aliphatic heterocycles. The lowest BCUT2D eigenvalue weighted by Crippen LogP contribution is -2.12. The molecule has 0 spiro atoms. The van der Waals surface area contributed by atoms with Crippen molar-refractivity contribution in [2.45, 2.75) is 0 Å². The third-order valence-corrected chi connectivity index (χ3v) is 1.27. The van der Waals surface area contributed by atoms with Gasteiger partial charge in [0.1, 0.15) is 6.61 Å². The van der Waals surface area contributed by atoms with Crippen LogP contribution in [0.1, 0.15) is 0 Å². The van der Waals surface area contributed by atoms with Crippen molar-refractivity contribution in [3.8, 4) is 0 Å². The van der Waals surface area contributed by atoms with E-state index >= 15 is 0 Å². The zero-order valence-electron chi connectivity index (χ0n) is 6.49. The normalized spacial score (nSPS) is 9.83. The number of hydrogen-bond acceptors (Lipinski definition) is 5. The van der Waals surface area contributed by atoms with Gasteiger partial charge in [-0.05, 0) is 0 Å². The summed E-state index contributed by atoms with van der Waals surface area (Å²) in [5.74, 6) is -0.489. The van der Waals surface area contributed by atoms with Crippen molar-refractivity contribution in [1.29, 1.82) is 0 Å². The highest BCUT2D eigenvalue weighted by molar-refractivity contribution is 9.06. The predicted octanol–water partition coefficient (Wildman–Crippen LogP) is -0.135. The number of aliphatic hydroxyl groups excluding tert-OH is 1. The monoisotopic (exact) mass is 242 g/mol. The summed E-state index contributed by atoms with van der Waals surface area (Å²) in [4.78, 5) is 10.4. The second kappa shape index (κ2) is 8.92. The fourth-order valence-electron chi connectivity index (χ4n) is 0.462. The van der Waals surface area contributed by atoms with Gasteiger partial charge in [0, 0.05) is 0 Å². The maximum atomic E-state index is 10.4. The Morgan fingerprint density at radius 1 is 1.25 bits per heavy atom. The third-order valence-electron chi connectivity index (χ3n) is 0.914. The van der Waals surface area contributed by atoms with E-state index in [9.17, 15) is 4.79 Å². The lowest BCUT2D eigenvalue weighted by Gasteiger charge is -2.02. The van der Waals surface area contributed by atoms with Gasteiger partial charge in [0.05, 0.1) is 26.4 Å². The van der Waals surface area contributed by atoms with Crippen LogP contribution in [0.5, 0.6) is 0 Å². The summed E-state index contributed by atoms with van der Waals surface area (Å²) in [5.41, 5.74) is 0. The number of aliphatic hydroxyl groups is 1. The van der Waals surface area contributed by atoms with Gasteiger partial charge >= 0.3 is 5.97 Å². The molecule has 0 radical (unpaired) electrons. The maximum absolute atomic E-state index is 10.4. The molecule has 0 aliphatic rings. The molecule has 0 aromatic heterocycles. The van der Waals surface area contributed by atoms with E-state index in [1.54, 1.807) is 0 Å². The molecule has 0 unspecified atom stereocenters. The molecule has 0 bridgehead atoms. The van der Waals surface area contributed by atoms with Crippen LogP contribution in [-0.2, 0) is 18.1 Å². The summed E-state index contributed by atoms with van der Waals surface area (Å²) in [6.45, 7) is 0.835. The number of halogens is 1. The van der Waals surface area contributed by atoms with Crippen LogP contribution in [-0.4, -0.2) is 44.1 Å². The number of ether oxygens (including phenoxy) is 2. The molecule has 6 heteroatoms. The molecule has 0 aromatic rings. The van der Waals surface area contributed by atoms with Crippen LogP contribution in [0.2, 0.25) is 0 Å². The van der Waals surface area contributed by atoms with Crippen molar-refractivity contribution in [1.82, 2.24) is 0 Å². The molecule has 0 saturated carbocycles. The van der Waals surface area contributed by atoms with Crippen LogP contribution in [0, 0.1) is 0 Å². The molecule has 1 N–H and O–H groups in total. The number of rotatable bonds is 7. The highest BCUT2D eigenvalue weighted by atomic mass is 79.9. The molecule has 72 valence electrons. The predicted molar refractivity (Wildman–Crippen MR) is 43.7 cm³/mol. The molecule has 0 atom stereocenters. The molecular weight excluding hydrogens is 232 g/mol. The molecule has 0 heterocycles. The van der Waals surface area contributed by atoms with Gasteiger partial charge in [0.15, 0.2) is 16.3 Å². The first kappa shape index (κ1) is 11.8. The summed E-state index contributed by atoms with van der Waals surface area (Å²) < 4.78 is 13.8. The fraction of sp³-hybridized carbons (Fsp3) is 0.833. The average molecular weight is 243 g/mol. The Kier molecular flexibility index (Phi) is 8.80. The van der Waals surface area contributed by atoms with E-state index in [0.717, 1.165) is 0 Å². The van der Waals surface area contributed by atoms with Crippen molar-refractivity contribution in [2.75, 3.05) is 33.0 Å². The van der Waals surface area contributed by atoms with Gasteiger partial charge in [-0.15, -0.1) is 0 Å². The minimum Gasteiger partial charge on any atom is -0.394 e. The van der Waals surface area contributed by atoms with Gasteiger partial charge in [0.2, 0.25) is 0 Å². The van der Waals surface area contributed by atoms with Crippen LogP contribution >= 0.6 is 16.3 Å². The molecule has 5 nitrogen and oxygen atoms in total. The molecule has 0 rings (SSSR count). The summed E-state index contributed by atoms with van der Waals surface area (Å²) in [5, 5.41) is 8.30. The maximum Gasteiger partial charge on any atom is 0.343 e. The highest BCUT2D eigenvalue weighted by Gasteiger charge is 1.99. The first-order valence-electron chi connectivity index (χ1n) is 3.39. The zero-order valence-corrected chi connectivity index (χ0v) is 8.08. The summed E-state index contributed by atoms with van der Waals surface area (Å²) >= 11 is 2.51. The van der Waals surface area contributed by atoms with E-state index in [2.05, 4.69) is 20.1 Å². The van der Waals surface area contributed by atoms with Crippen molar-refractivity contribution >= 4 is 22.2 Å². The van der Waals surface area contributed by atoms with Crippen molar-refractivity contribution in [3.05, 3.63) is 0 Å². The van der Waals surface area contributed by atoms with E-state index in [0.29, 0.717) is 13.2 Å². The quantitative estimate of drug-likeness (QED) is 0.630. The third kappa shape index (κ3) is 7.93. The van der Waals surface area contributed by atoms with Gasteiger partial charge in [-0.2, -0.15) is 0 Å². The topological polar surface area (TPSA) is 65.0 Å². The molecule has 0 saturated heterocycles. The SMILES string of the molecule is O=C(COCCOCCO)OBr. The Morgan fingerprint density at radius 3 is 2.50 bits per heavy atom. The van der Waals surface area contributed by atoms with Crippen molar-refractivity contribution < 1.29 is 23.2 Å². The Morgan fingerprint density at radius 2 is 1.92 bits per heavy atom. The summed E-state index contributed by atoms with van der Waals surface area (Å²) in [6.07, 6.45) is 0. The Bertz CT molecular complexity index is 119. The van der Waals surface area contributed by atoms with Crippen LogP contribution in [0.4, 0.5) is 0 Å². The van der Waals surface area contributed by atoms with Crippen LogP contribution < -0.4 is 0 Å². The van der Waals surface area contributed by atoms with Gasteiger partial charge in [-0.25, -0.2) is 4.79 Å². The van der Waals surface area contributed by atoms with Crippen molar-refractivity contribution in [2.24, 2.45) is 0 Å². The fourth-order valence-corrected chi connectivity index (χ4v) is 0.556. The Balaban J connectivity index is 2.95. The number of carbonyl (C=O) groups excluding carboxylic acids is 1. The van der Waals surface area contributed by atoms with Crippen molar-refractivity contribution in [3.63, 3.8) is 0 Å². The highest BCUT2D eigenvalue weighted by Crippen LogP contribution is 1.87. The van der Waals surface area contributed by atoms with E-state index in [4.69, 9.17) is 14.6 Å². The smallest absolute Gasteiger partial charge is 0.343 e. The van der Waals surface area contributed by atoms with E-state index in [1.165, 1.54) is 0 Å². The van der Waals surface area contributed by atoms with Gasteiger partial charge in [-0.3, -0.25) is 0 Å².